The molecule has 0 aliphatic heterocycles. The molecular formula is C68H56N4OPtSi-2. The average molecular weight is 1190 g/mol. The number of imidazole rings is 1. The van der Waals surface area contributed by atoms with Gasteiger partial charge in [-0.1, -0.05) is 223 Å². The van der Waals surface area contributed by atoms with Crippen molar-refractivity contribution < 1.29 is 57.8 Å². The molecule has 0 aliphatic carbocycles. The number of hydrogen-bond acceptors (Lipinski definition) is 2. The molecule has 7 heteroatoms. The Morgan fingerprint density at radius 1 is 0.560 bits per heavy atom. The van der Waals surface area contributed by atoms with Crippen molar-refractivity contribution in [3.63, 3.8) is 0 Å². The van der Waals surface area contributed by atoms with Gasteiger partial charge in [-0.25, -0.2) is 4.98 Å². The van der Waals surface area contributed by atoms with Crippen LogP contribution in [0, 0.1) is 18.5 Å². The first kappa shape index (κ1) is 31.1. The fraction of sp³-hybridized carbons (Fsp3) is 0.118. The Labute approximate surface area is 483 Å². The van der Waals surface area contributed by atoms with Crippen molar-refractivity contribution in [2.45, 2.75) is 52.4 Å². The number of nitrogens with zero attached hydrogens (tertiary/aromatic N) is 4. The van der Waals surface area contributed by atoms with E-state index in [-0.39, 0.29) is 54.2 Å². The van der Waals surface area contributed by atoms with Crippen LogP contribution in [0.3, 0.4) is 0 Å². The first-order valence-electron chi connectivity index (χ1n) is 33.8. The standard InChI is InChI=1S/C68H56N4OSi.Pt/c1-67(2,3)50-40-41-69-65(44-50)72-60-35-20-19-34-57(60)58-39-38-53(46-63(58)72)73-52-27-23-26-51(45-52)70-47-71(62-37-22-21-36-61(62)70)66-59(68(4,5)6)42-49(48-24-11-7-12-25-48)43-64(66)74(54-28-13-8-14-29-54,55-30-15-9-16-31-55)56-32-17-10-18-33-56;/h7-44H,1-6H3;/q-2;/i7D,8D,9D,10D,11D,12D,13D,14D,15D,16D,17D,18D,24D,25D,28D,29D,30D,31D,32D,33D;. The summed E-state index contributed by atoms with van der Waals surface area (Å²) in [6.45, 7) is 11.7. The zero-order valence-corrected chi connectivity index (χ0v) is 44.7. The fourth-order valence-corrected chi connectivity index (χ4v) is 13.7. The van der Waals surface area contributed by atoms with Crippen LogP contribution in [0.4, 0.5) is 0 Å². The Morgan fingerprint density at radius 2 is 1.16 bits per heavy atom. The van der Waals surface area contributed by atoms with Gasteiger partial charge in [0.25, 0.3) is 6.33 Å². The van der Waals surface area contributed by atoms with Crippen molar-refractivity contribution in [1.82, 2.24) is 14.1 Å². The number of benzene rings is 9. The van der Waals surface area contributed by atoms with E-state index in [4.69, 9.17) is 17.9 Å². The molecule has 0 bridgehead atoms. The fourth-order valence-electron chi connectivity index (χ4n) is 9.69. The molecule has 3 aromatic heterocycles. The van der Waals surface area contributed by atoms with Crippen LogP contribution in [0.15, 0.2) is 230 Å². The Kier molecular flexibility index (Phi) is 8.19. The van der Waals surface area contributed by atoms with Crippen molar-refractivity contribution in [3.05, 3.63) is 260 Å². The van der Waals surface area contributed by atoms with Crippen LogP contribution in [0.2, 0.25) is 0 Å². The second-order valence-electron chi connectivity index (χ2n) is 19.8. The molecule has 370 valence electrons. The summed E-state index contributed by atoms with van der Waals surface area (Å²) in [7, 11) is -6.11. The van der Waals surface area contributed by atoms with Crippen molar-refractivity contribution in [3.8, 4) is 39.8 Å². The van der Waals surface area contributed by atoms with Crippen molar-refractivity contribution in [2.24, 2.45) is 0 Å². The van der Waals surface area contributed by atoms with Gasteiger partial charge < -0.3 is 13.9 Å². The zero-order chi connectivity index (χ0) is 68.0. The maximum atomic E-state index is 10.0. The van der Waals surface area contributed by atoms with E-state index >= 15 is 0 Å². The number of pyridine rings is 1. The van der Waals surface area contributed by atoms with Crippen molar-refractivity contribution in [2.75, 3.05) is 0 Å². The van der Waals surface area contributed by atoms with Gasteiger partial charge in [0.1, 0.15) is 5.82 Å². The second-order valence-corrected chi connectivity index (χ2v) is 23.3. The molecule has 3 heterocycles. The normalized spacial score (nSPS) is 15.8. The van der Waals surface area contributed by atoms with Gasteiger partial charge in [-0.05, 0) is 83.1 Å². The summed E-state index contributed by atoms with van der Waals surface area (Å²) in [5.41, 5.74) is 1.73. The van der Waals surface area contributed by atoms with Crippen LogP contribution in [0.25, 0.3) is 61.2 Å². The van der Waals surface area contributed by atoms with E-state index in [1.54, 1.807) is 80.1 Å². The summed E-state index contributed by atoms with van der Waals surface area (Å²) in [6, 6.07) is 18.8. The predicted octanol–water partition coefficient (Wildman–Crippen LogP) is 13.2. The summed E-state index contributed by atoms with van der Waals surface area (Å²) in [5, 5.41) is -0.913. The molecule has 9 aromatic carbocycles. The summed E-state index contributed by atoms with van der Waals surface area (Å²) >= 11 is 0. The van der Waals surface area contributed by atoms with Crippen LogP contribution in [0.1, 0.15) is 80.1 Å². The average Bonchev–Trinajstić information content (AvgIpc) is 0.732. The topological polar surface area (TPSA) is 35.9 Å². The van der Waals surface area contributed by atoms with Crippen LogP contribution in [-0.4, -0.2) is 22.2 Å². The molecule has 0 saturated carbocycles. The Bertz CT molecular complexity index is 4970. The van der Waals surface area contributed by atoms with Gasteiger partial charge in [0.2, 0.25) is 0 Å². The summed E-state index contributed by atoms with van der Waals surface area (Å²) in [5.74, 6) is 1.22. The monoisotopic (exact) mass is 1190 g/mol. The summed E-state index contributed by atoms with van der Waals surface area (Å²) in [4.78, 5) is 4.81. The summed E-state index contributed by atoms with van der Waals surface area (Å²) < 4.78 is 200. The Morgan fingerprint density at radius 3 is 1.80 bits per heavy atom. The molecule has 75 heavy (non-hydrogen) atoms. The molecule has 0 amide bonds. The van der Waals surface area contributed by atoms with Gasteiger partial charge in [0.15, 0.2) is 8.07 Å². The van der Waals surface area contributed by atoms with E-state index in [0.29, 0.717) is 33.8 Å². The number of para-hydroxylation sites is 3. The molecule has 0 N–H and O–H groups in total. The quantitative estimate of drug-likeness (QED) is 0.0592. The third-order valence-corrected chi connectivity index (χ3v) is 17.3. The van der Waals surface area contributed by atoms with Gasteiger partial charge in [0.05, 0.1) is 44.1 Å². The maximum Gasteiger partial charge on any atom is 0.268 e. The number of fused-ring (bicyclic) bond motifs is 4. The zero-order valence-electron chi connectivity index (χ0n) is 61.4. The molecule has 12 aromatic rings. The first-order valence-corrected chi connectivity index (χ1v) is 25.8. The van der Waals surface area contributed by atoms with Gasteiger partial charge in [0, 0.05) is 44.3 Å². The van der Waals surface area contributed by atoms with Gasteiger partial charge in [-0.15, -0.1) is 29.7 Å². The van der Waals surface area contributed by atoms with E-state index in [2.05, 4.69) is 45.3 Å². The van der Waals surface area contributed by atoms with Gasteiger partial charge in [-0.3, -0.25) is 4.57 Å². The van der Waals surface area contributed by atoms with Crippen molar-refractivity contribution in [1.29, 1.82) is 0 Å². The minimum atomic E-state index is -6.11. The third-order valence-electron chi connectivity index (χ3n) is 13.1. The minimum absolute atomic E-state index is 0. The molecule has 5 nitrogen and oxygen atoms in total. The van der Waals surface area contributed by atoms with Crippen LogP contribution in [0.5, 0.6) is 11.5 Å². The van der Waals surface area contributed by atoms with E-state index in [1.165, 1.54) is 16.7 Å². The molecular weight excluding hydrogens is 1110 g/mol. The van der Waals surface area contributed by atoms with Crippen LogP contribution in [-0.2, 0) is 31.9 Å². The number of aromatic nitrogens is 4. The van der Waals surface area contributed by atoms with E-state index in [9.17, 15) is 19.2 Å². The smallest absolute Gasteiger partial charge is 0.268 e. The third kappa shape index (κ3) is 8.86. The Hall–Kier alpha value is -7.89. The maximum absolute atomic E-state index is 10.0. The van der Waals surface area contributed by atoms with Crippen LogP contribution >= 0.6 is 0 Å². The molecule has 0 saturated heterocycles. The van der Waals surface area contributed by atoms with E-state index in [0.717, 1.165) is 21.9 Å². The number of rotatable bonds is 10. The molecule has 0 fully saturated rings. The molecule has 0 spiro atoms. The van der Waals surface area contributed by atoms with Crippen molar-refractivity contribution >= 4 is 61.7 Å². The Balaban J connectivity index is 0.00000919. The van der Waals surface area contributed by atoms with Gasteiger partial charge >= 0.3 is 0 Å². The molecule has 12 rings (SSSR count). The molecule has 0 radical (unpaired) electrons. The largest absolute Gasteiger partial charge is 0.510 e. The first-order chi connectivity index (χ1) is 44.2. The minimum Gasteiger partial charge on any atom is -0.510 e. The predicted molar refractivity (Wildman–Crippen MR) is 306 cm³/mol. The van der Waals surface area contributed by atoms with Crippen LogP contribution < -0.4 is 30.1 Å². The number of ether oxygens (including phenoxy) is 1. The second kappa shape index (κ2) is 19.8. The van der Waals surface area contributed by atoms with E-state index < -0.39 is 155 Å². The number of hydrogen-bond donors (Lipinski definition) is 0. The SMILES string of the molecule is [2H]c1c([2H])c([2H])c(-c2cc(C(C)(C)C)c(-[n+]3[c-]n(-c4[c-]c(Oc5[c-]c6c(cc5)c5ccccc5n6-c5cc(C(C)(C)C)ccn5)ccc4)c4ccccc43)c([Si](c3c([2H])c([2H])c([2H])c([2H])c3[2H])(c3c([2H])c([2H])c([2H])c([2H])c3[2H])c3c([2H])c([2H])c([2H])c([2H])c3[2H])c2)c([2H])c1[2H].[Pt]. The molecule has 0 unspecified atom stereocenters. The summed E-state index contributed by atoms with van der Waals surface area (Å²) in [6.07, 6.45) is 5.25. The molecule has 0 atom stereocenters. The van der Waals surface area contributed by atoms with E-state index in [1.807, 2.05) is 41.0 Å². The van der Waals surface area contributed by atoms with Gasteiger partial charge in [-0.2, -0.15) is 18.2 Å². The molecule has 0 aliphatic rings.